The third kappa shape index (κ3) is 1.49. The van der Waals surface area contributed by atoms with Crippen LogP contribution in [-0.4, -0.2) is 6.10 Å². The van der Waals surface area contributed by atoms with E-state index in [0.29, 0.717) is 0 Å². The van der Waals surface area contributed by atoms with Gasteiger partial charge in [0.2, 0.25) is 0 Å². The summed E-state index contributed by atoms with van der Waals surface area (Å²) in [5, 5.41) is 4.05. The maximum Gasteiger partial charge on any atom is 0.123 e. The topological polar surface area (TPSA) is 12.5 Å². The fourth-order valence-electron chi connectivity index (χ4n) is 2.86. The van der Waals surface area contributed by atoms with Crippen LogP contribution in [0.5, 0.6) is 0 Å². The highest BCUT2D eigenvalue weighted by molar-refractivity contribution is 7.10. The van der Waals surface area contributed by atoms with E-state index in [1.54, 1.807) is 17.4 Å². The second-order valence-corrected chi connectivity index (χ2v) is 5.78. The number of hydroxylamine groups is 1. The molecule has 2 atom stereocenters. The van der Waals surface area contributed by atoms with Crippen LogP contribution in [0, 0.1) is 5.82 Å². The Balaban J connectivity index is 1.79. The highest BCUT2D eigenvalue weighted by Crippen LogP contribution is 2.45. The molecule has 2 aliphatic heterocycles. The van der Waals surface area contributed by atoms with E-state index >= 15 is 0 Å². The summed E-state index contributed by atoms with van der Waals surface area (Å²) in [6.45, 7) is 0. The minimum absolute atomic E-state index is 0.163. The van der Waals surface area contributed by atoms with Crippen molar-refractivity contribution in [2.24, 2.45) is 0 Å². The van der Waals surface area contributed by atoms with Gasteiger partial charge in [0.25, 0.3) is 0 Å². The van der Waals surface area contributed by atoms with Crippen LogP contribution in [-0.2, 0) is 11.3 Å². The number of fused-ring (bicyclic) bond motifs is 4. The van der Waals surface area contributed by atoms with Gasteiger partial charge in [0, 0.05) is 17.7 Å². The van der Waals surface area contributed by atoms with Crippen molar-refractivity contribution in [2.75, 3.05) is 5.06 Å². The number of halogens is 1. The van der Waals surface area contributed by atoms with Crippen LogP contribution in [0.25, 0.3) is 0 Å². The summed E-state index contributed by atoms with van der Waals surface area (Å²) in [4.78, 5) is 7.23. The van der Waals surface area contributed by atoms with Gasteiger partial charge in [-0.25, -0.2) is 9.45 Å². The first-order chi connectivity index (χ1) is 8.81. The highest BCUT2D eigenvalue weighted by atomic mass is 32.1. The Morgan fingerprint density at radius 2 is 2.28 bits per heavy atom. The molecule has 1 aromatic heterocycles. The van der Waals surface area contributed by atoms with Gasteiger partial charge in [0.1, 0.15) is 5.82 Å². The van der Waals surface area contributed by atoms with Gasteiger partial charge in [0.05, 0.1) is 17.8 Å². The van der Waals surface area contributed by atoms with Gasteiger partial charge in [-0.15, -0.1) is 11.3 Å². The molecule has 1 fully saturated rings. The van der Waals surface area contributed by atoms with E-state index in [-0.39, 0.29) is 18.0 Å². The molecule has 1 aromatic carbocycles. The largest absolute Gasteiger partial charge is 0.269 e. The molecule has 4 heteroatoms. The first-order valence-electron chi connectivity index (χ1n) is 6.09. The lowest BCUT2D eigenvalue weighted by molar-refractivity contribution is 0.0734. The van der Waals surface area contributed by atoms with E-state index in [2.05, 4.69) is 17.5 Å². The van der Waals surface area contributed by atoms with Crippen molar-refractivity contribution in [3.63, 3.8) is 0 Å². The molecule has 0 aliphatic carbocycles. The molecule has 1 saturated heterocycles. The fourth-order valence-corrected chi connectivity index (χ4v) is 3.68. The zero-order chi connectivity index (χ0) is 12.1. The molecule has 0 saturated carbocycles. The van der Waals surface area contributed by atoms with Crippen LogP contribution in [0.1, 0.15) is 22.9 Å². The van der Waals surface area contributed by atoms with E-state index in [9.17, 15) is 4.39 Å². The van der Waals surface area contributed by atoms with Crippen LogP contribution in [0.2, 0.25) is 0 Å². The Hall–Kier alpha value is -1.39. The smallest absolute Gasteiger partial charge is 0.123 e. The molecule has 2 bridgehead atoms. The number of hydrogen-bond donors (Lipinski definition) is 0. The SMILES string of the molecule is Fc1ccc2c(c1)C[C@@H]1C[C@@H](c3cccs3)N2O1. The summed E-state index contributed by atoms with van der Waals surface area (Å²) in [5.74, 6) is -0.163. The van der Waals surface area contributed by atoms with Gasteiger partial charge in [-0.05, 0) is 35.2 Å². The summed E-state index contributed by atoms with van der Waals surface area (Å²) in [7, 11) is 0. The quantitative estimate of drug-likeness (QED) is 0.776. The standard InChI is InChI=1S/C14H12FNOS/c15-10-3-4-12-9(6-10)7-11-8-13(16(12)17-11)14-2-1-5-18-14/h1-6,11,13H,7-8H2/t11-,13+/m1/s1. The minimum Gasteiger partial charge on any atom is -0.269 e. The van der Waals surface area contributed by atoms with Gasteiger partial charge in [-0.3, -0.25) is 4.84 Å². The van der Waals surface area contributed by atoms with E-state index < -0.39 is 0 Å². The Labute approximate surface area is 109 Å². The third-order valence-electron chi connectivity index (χ3n) is 3.63. The molecular formula is C14H12FNOS. The second-order valence-electron chi connectivity index (χ2n) is 4.80. The molecule has 0 amide bonds. The molecule has 92 valence electrons. The van der Waals surface area contributed by atoms with Crippen LogP contribution < -0.4 is 5.06 Å². The van der Waals surface area contributed by atoms with Gasteiger partial charge in [0.15, 0.2) is 0 Å². The molecule has 2 aliphatic rings. The van der Waals surface area contributed by atoms with Crippen molar-refractivity contribution in [2.45, 2.75) is 25.0 Å². The van der Waals surface area contributed by atoms with Crippen molar-refractivity contribution in [1.29, 1.82) is 0 Å². The lowest BCUT2D eigenvalue weighted by atomic mass is 10.0. The van der Waals surface area contributed by atoms with Crippen LogP contribution >= 0.6 is 11.3 Å². The van der Waals surface area contributed by atoms with Gasteiger partial charge >= 0.3 is 0 Å². The number of hydrogen-bond acceptors (Lipinski definition) is 3. The number of benzene rings is 1. The molecule has 0 radical (unpaired) electrons. The predicted molar refractivity (Wildman–Crippen MR) is 69.1 cm³/mol. The highest BCUT2D eigenvalue weighted by Gasteiger charge is 2.40. The number of rotatable bonds is 1. The van der Waals surface area contributed by atoms with Crippen LogP contribution in [0.4, 0.5) is 10.1 Å². The van der Waals surface area contributed by atoms with Crippen molar-refractivity contribution in [1.82, 2.24) is 0 Å². The van der Waals surface area contributed by atoms with Gasteiger partial charge < -0.3 is 0 Å². The zero-order valence-corrected chi connectivity index (χ0v) is 10.5. The monoisotopic (exact) mass is 261 g/mol. The van der Waals surface area contributed by atoms with E-state index in [1.807, 2.05) is 11.1 Å². The minimum atomic E-state index is -0.163. The molecule has 4 rings (SSSR count). The lowest BCUT2D eigenvalue weighted by Crippen LogP contribution is -2.27. The van der Waals surface area contributed by atoms with Crippen LogP contribution in [0.3, 0.4) is 0 Å². The zero-order valence-electron chi connectivity index (χ0n) is 9.67. The average Bonchev–Trinajstić information content (AvgIpc) is 2.97. The van der Waals surface area contributed by atoms with Gasteiger partial charge in [-0.2, -0.15) is 0 Å². The number of anilines is 1. The molecule has 0 unspecified atom stereocenters. The summed E-state index contributed by atoms with van der Waals surface area (Å²) < 4.78 is 13.3. The summed E-state index contributed by atoms with van der Waals surface area (Å²) in [6, 6.07) is 9.45. The summed E-state index contributed by atoms with van der Waals surface area (Å²) in [5.41, 5.74) is 2.08. The van der Waals surface area contributed by atoms with Crippen molar-refractivity contribution < 1.29 is 9.23 Å². The lowest BCUT2D eigenvalue weighted by Gasteiger charge is -2.29. The Kier molecular flexibility index (Phi) is 2.22. The molecule has 3 heterocycles. The Bertz CT molecular complexity index is 583. The molecule has 2 aromatic rings. The predicted octanol–water partition coefficient (Wildman–Crippen LogP) is 3.69. The van der Waals surface area contributed by atoms with E-state index in [0.717, 1.165) is 24.1 Å². The van der Waals surface area contributed by atoms with Crippen molar-refractivity contribution in [3.05, 3.63) is 52.0 Å². The molecular weight excluding hydrogens is 249 g/mol. The normalized spacial score (nSPS) is 25.3. The Morgan fingerprint density at radius 1 is 1.33 bits per heavy atom. The van der Waals surface area contributed by atoms with E-state index in [1.165, 1.54) is 10.9 Å². The average molecular weight is 261 g/mol. The second kappa shape index (κ2) is 3.80. The van der Waals surface area contributed by atoms with Crippen molar-refractivity contribution in [3.8, 4) is 0 Å². The fraction of sp³-hybridized carbons (Fsp3) is 0.286. The molecule has 2 nitrogen and oxygen atoms in total. The van der Waals surface area contributed by atoms with Gasteiger partial charge in [-0.1, -0.05) is 6.07 Å². The first-order valence-corrected chi connectivity index (χ1v) is 6.97. The first kappa shape index (κ1) is 10.5. The molecule has 0 N–H and O–H groups in total. The maximum absolute atomic E-state index is 13.3. The molecule has 18 heavy (non-hydrogen) atoms. The Morgan fingerprint density at radius 3 is 3.11 bits per heavy atom. The van der Waals surface area contributed by atoms with Crippen molar-refractivity contribution >= 4 is 17.0 Å². The molecule has 0 spiro atoms. The number of nitrogens with zero attached hydrogens (tertiary/aromatic N) is 1. The maximum atomic E-state index is 13.3. The third-order valence-corrected chi connectivity index (χ3v) is 4.60. The van der Waals surface area contributed by atoms with Crippen LogP contribution in [0.15, 0.2) is 35.7 Å². The van der Waals surface area contributed by atoms with E-state index in [4.69, 9.17) is 4.84 Å². The number of thiophene rings is 1. The summed E-state index contributed by atoms with van der Waals surface area (Å²) >= 11 is 1.75. The summed E-state index contributed by atoms with van der Waals surface area (Å²) in [6.07, 6.45) is 1.98.